The molecular weight excluding hydrogens is 246 g/mol. The molecule has 0 aliphatic heterocycles. The van der Waals surface area contributed by atoms with Crippen molar-refractivity contribution in [3.05, 3.63) is 57.5 Å². The molecule has 0 unspecified atom stereocenters. The zero-order valence-corrected chi connectivity index (χ0v) is 10.7. The molecule has 2 rings (SSSR count). The van der Waals surface area contributed by atoms with Gasteiger partial charge in [-0.05, 0) is 17.4 Å². The van der Waals surface area contributed by atoms with Crippen LogP contribution in [0.1, 0.15) is 21.7 Å². The second kappa shape index (κ2) is 5.01. The van der Waals surface area contributed by atoms with Gasteiger partial charge in [0.1, 0.15) is 6.20 Å². The van der Waals surface area contributed by atoms with E-state index >= 15 is 0 Å². The number of aromatic nitrogens is 2. The largest absolute Gasteiger partial charge is 0.358 e. The van der Waals surface area contributed by atoms with E-state index < -0.39 is 4.92 Å². The molecule has 0 N–H and O–H groups in total. The fourth-order valence-electron chi connectivity index (χ4n) is 1.91. The molecule has 6 heteroatoms. The Hall–Kier alpha value is -2.50. The summed E-state index contributed by atoms with van der Waals surface area (Å²) in [4.78, 5) is 26.4. The van der Waals surface area contributed by atoms with E-state index in [0.717, 1.165) is 5.56 Å². The van der Waals surface area contributed by atoms with Gasteiger partial charge in [-0.1, -0.05) is 24.3 Å². The van der Waals surface area contributed by atoms with E-state index in [4.69, 9.17) is 0 Å². The van der Waals surface area contributed by atoms with Gasteiger partial charge < -0.3 is 10.1 Å². The van der Waals surface area contributed by atoms with Crippen molar-refractivity contribution in [3.8, 4) is 0 Å². The van der Waals surface area contributed by atoms with Crippen LogP contribution in [0.4, 0.5) is 5.82 Å². The quantitative estimate of drug-likeness (QED) is 0.479. The molecular formula is C13H13N3O3. The van der Waals surface area contributed by atoms with Gasteiger partial charge in [-0.25, -0.2) is 9.55 Å². The number of hydrogen-bond donors (Lipinski definition) is 0. The molecule has 98 valence electrons. The molecule has 0 atom stereocenters. The van der Waals surface area contributed by atoms with E-state index in [1.165, 1.54) is 10.8 Å². The summed E-state index contributed by atoms with van der Waals surface area (Å²) >= 11 is 0. The predicted molar refractivity (Wildman–Crippen MR) is 69.1 cm³/mol. The van der Waals surface area contributed by atoms with Crippen LogP contribution in [-0.4, -0.2) is 20.3 Å². The minimum Gasteiger partial charge on any atom is -0.358 e. The van der Waals surface area contributed by atoms with Crippen LogP contribution in [-0.2, 0) is 6.54 Å². The second-order valence-electron chi connectivity index (χ2n) is 4.24. The fraction of sp³-hybridized carbons (Fsp3) is 0.231. The number of carbonyl (C=O) groups is 1. The van der Waals surface area contributed by atoms with Crippen LogP contribution in [0.2, 0.25) is 0 Å². The lowest BCUT2D eigenvalue weighted by molar-refractivity contribution is -0.392. The summed E-state index contributed by atoms with van der Waals surface area (Å²) < 4.78 is 1.31. The Kier molecular flexibility index (Phi) is 3.41. The first-order valence-electron chi connectivity index (χ1n) is 5.76. The monoisotopic (exact) mass is 259 g/mol. The van der Waals surface area contributed by atoms with Crippen LogP contribution in [0, 0.1) is 24.0 Å². The Balaban J connectivity index is 2.32. The van der Waals surface area contributed by atoms with Gasteiger partial charge in [0, 0.05) is 12.5 Å². The van der Waals surface area contributed by atoms with Gasteiger partial charge in [0.25, 0.3) is 0 Å². The van der Waals surface area contributed by atoms with Crippen LogP contribution in [0.3, 0.4) is 0 Å². The topological polar surface area (TPSA) is 78.0 Å². The molecule has 2 aromatic rings. The van der Waals surface area contributed by atoms with E-state index in [0.29, 0.717) is 11.4 Å². The smallest absolute Gasteiger partial charge is 0.343 e. The van der Waals surface area contributed by atoms with Gasteiger partial charge in [0.15, 0.2) is 12.4 Å². The lowest BCUT2D eigenvalue weighted by Crippen LogP contribution is -2.14. The number of benzene rings is 1. The summed E-state index contributed by atoms with van der Waals surface area (Å²) in [5, 5.41) is 10.9. The average Bonchev–Trinajstić information content (AvgIpc) is 2.71. The van der Waals surface area contributed by atoms with Gasteiger partial charge in [0.05, 0.1) is 0 Å². The first-order valence-corrected chi connectivity index (χ1v) is 5.76. The lowest BCUT2D eigenvalue weighted by atomic mass is 10.1. The molecule has 0 saturated carbocycles. The molecule has 0 radical (unpaired) electrons. The Morgan fingerprint density at radius 3 is 2.68 bits per heavy atom. The highest BCUT2D eigenvalue weighted by Gasteiger charge is 2.21. The molecule has 19 heavy (non-hydrogen) atoms. The standard InChI is InChI=1S/C13H13N3O3/c1-9-5-3-4-6-11(9)12(17)8-15-10(2)14-7-13(15)16(18)19/h3-7H,8H2,1-2H3. The summed E-state index contributed by atoms with van der Waals surface area (Å²) in [6.45, 7) is 3.40. The van der Waals surface area contributed by atoms with Crippen LogP contribution < -0.4 is 0 Å². The zero-order valence-electron chi connectivity index (χ0n) is 10.7. The van der Waals surface area contributed by atoms with Gasteiger partial charge in [-0.3, -0.25) is 4.79 Å². The molecule has 0 amide bonds. The van der Waals surface area contributed by atoms with Crippen molar-refractivity contribution in [2.24, 2.45) is 0 Å². The first-order chi connectivity index (χ1) is 9.00. The van der Waals surface area contributed by atoms with Gasteiger partial charge in [0.2, 0.25) is 5.78 Å². The third kappa shape index (κ3) is 2.52. The number of nitro groups is 1. The first kappa shape index (κ1) is 12.9. The Bertz CT molecular complexity index is 646. The number of ketones is 1. The van der Waals surface area contributed by atoms with Crippen molar-refractivity contribution in [2.45, 2.75) is 20.4 Å². The predicted octanol–water partition coefficient (Wildman–Crippen LogP) is 2.29. The van der Waals surface area contributed by atoms with E-state index in [2.05, 4.69) is 4.98 Å². The van der Waals surface area contributed by atoms with Crippen LogP contribution in [0.15, 0.2) is 30.5 Å². The highest BCUT2D eigenvalue weighted by molar-refractivity contribution is 5.97. The molecule has 0 bridgehead atoms. The number of hydrogen-bond acceptors (Lipinski definition) is 4. The summed E-state index contributed by atoms with van der Waals surface area (Å²) in [5.74, 6) is 0.121. The van der Waals surface area contributed by atoms with Gasteiger partial charge in [-0.15, -0.1) is 0 Å². The Morgan fingerprint density at radius 1 is 1.37 bits per heavy atom. The summed E-state index contributed by atoms with van der Waals surface area (Å²) in [7, 11) is 0. The van der Waals surface area contributed by atoms with Crippen molar-refractivity contribution in [3.63, 3.8) is 0 Å². The highest BCUT2D eigenvalue weighted by atomic mass is 16.6. The van der Waals surface area contributed by atoms with E-state index in [1.807, 2.05) is 19.1 Å². The molecule has 1 aromatic heterocycles. The van der Waals surface area contributed by atoms with Crippen LogP contribution in [0.25, 0.3) is 0 Å². The number of rotatable bonds is 4. The highest BCUT2D eigenvalue weighted by Crippen LogP contribution is 2.16. The second-order valence-corrected chi connectivity index (χ2v) is 4.24. The summed E-state index contributed by atoms with van der Waals surface area (Å²) in [6.07, 6.45) is 1.17. The normalized spacial score (nSPS) is 10.4. The molecule has 0 spiro atoms. The van der Waals surface area contributed by atoms with Crippen molar-refractivity contribution in [2.75, 3.05) is 0 Å². The van der Waals surface area contributed by atoms with E-state index in [9.17, 15) is 14.9 Å². The minimum absolute atomic E-state index is 0.0764. The Labute approximate surface area is 109 Å². The Morgan fingerprint density at radius 2 is 2.05 bits per heavy atom. The SMILES string of the molecule is Cc1ccccc1C(=O)Cn1c([N+](=O)[O-])cnc1C. The van der Waals surface area contributed by atoms with Crippen LogP contribution >= 0.6 is 0 Å². The van der Waals surface area contributed by atoms with Crippen LogP contribution in [0.5, 0.6) is 0 Å². The van der Waals surface area contributed by atoms with Gasteiger partial charge in [-0.2, -0.15) is 0 Å². The molecule has 6 nitrogen and oxygen atoms in total. The minimum atomic E-state index is -0.537. The van der Waals surface area contributed by atoms with Crippen molar-refractivity contribution in [1.82, 2.24) is 9.55 Å². The maximum absolute atomic E-state index is 12.2. The molecule has 0 aliphatic rings. The average molecular weight is 259 g/mol. The number of Topliss-reactive ketones (excluding diaryl/α,β-unsaturated/α-hetero) is 1. The van der Waals surface area contributed by atoms with Gasteiger partial charge >= 0.3 is 5.82 Å². The third-order valence-electron chi connectivity index (χ3n) is 2.97. The number of carbonyl (C=O) groups excluding carboxylic acids is 1. The maximum atomic E-state index is 12.2. The molecule has 0 saturated heterocycles. The van der Waals surface area contributed by atoms with E-state index in [-0.39, 0.29) is 18.1 Å². The number of aryl methyl sites for hydroxylation is 2. The van der Waals surface area contributed by atoms with E-state index in [1.54, 1.807) is 19.1 Å². The molecule has 0 aliphatic carbocycles. The molecule has 1 aromatic carbocycles. The van der Waals surface area contributed by atoms with Crippen molar-refractivity contribution >= 4 is 11.6 Å². The summed E-state index contributed by atoms with van der Waals surface area (Å²) in [5.41, 5.74) is 1.43. The van der Waals surface area contributed by atoms with Crippen molar-refractivity contribution in [1.29, 1.82) is 0 Å². The molecule has 1 heterocycles. The number of nitrogens with zero attached hydrogens (tertiary/aromatic N) is 3. The van der Waals surface area contributed by atoms with Crippen molar-refractivity contribution < 1.29 is 9.72 Å². The number of imidazole rings is 1. The lowest BCUT2D eigenvalue weighted by Gasteiger charge is -2.05. The fourth-order valence-corrected chi connectivity index (χ4v) is 1.91. The maximum Gasteiger partial charge on any atom is 0.343 e. The summed E-state index contributed by atoms with van der Waals surface area (Å²) in [6, 6.07) is 7.17. The molecule has 0 fully saturated rings. The zero-order chi connectivity index (χ0) is 14.0. The third-order valence-corrected chi connectivity index (χ3v) is 2.97.